The van der Waals surface area contributed by atoms with Crippen LogP contribution in [0, 0.1) is 0 Å². The standard InChI is InChI=1S/C23H31N3O4S/c1-2-30-17-7-12-24-23(27)21-9-6-8-20(18-21)19-25-13-15-26(16-14-25)31(28,29)22-10-4-3-5-11-22/h3-6,8-11,18H,2,7,12-17,19H2,1H3,(H,24,27). The van der Waals surface area contributed by atoms with Crippen LogP contribution in [-0.4, -0.2) is 69.5 Å². The summed E-state index contributed by atoms with van der Waals surface area (Å²) in [7, 11) is -3.45. The number of benzene rings is 2. The molecule has 1 aliphatic heterocycles. The van der Waals surface area contributed by atoms with Gasteiger partial charge in [-0.2, -0.15) is 4.31 Å². The monoisotopic (exact) mass is 445 g/mol. The molecule has 0 radical (unpaired) electrons. The highest BCUT2D eigenvalue weighted by molar-refractivity contribution is 7.89. The third-order valence-corrected chi connectivity index (χ3v) is 7.18. The van der Waals surface area contributed by atoms with E-state index < -0.39 is 10.0 Å². The maximum absolute atomic E-state index is 12.8. The van der Waals surface area contributed by atoms with Gasteiger partial charge in [-0.3, -0.25) is 9.69 Å². The number of hydrogen-bond donors (Lipinski definition) is 1. The van der Waals surface area contributed by atoms with Gasteiger partial charge in [-0.05, 0) is 43.2 Å². The van der Waals surface area contributed by atoms with Crippen LogP contribution in [0.3, 0.4) is 0 Å². The Bertz CT molecular complexity index is 942. The van der Waals surface area contributed by atoms with E-state index in [0.717, 1.165) is 12.0 Å². The Kier molecular flexibility index (Phi) is 8.60. The average Bonchev–Trinajstić information content (AvgIpc) is 2.80. The number of ether oxygens (including phenoxy) is 1. The quantitative estimate of drug-likeness (QED) is 0.568. The summed E-state index contributed by atoms with van der Waals surface area (Å²) in [5.74, 6) is -0.0860. The molecule has 0 bridgehead atoms. The van der Waals surface area contributed by atoms with Gasteiger partial charge in [-0.25, -0.2) is 8.42 Å². The van der Waals surface area contributed by atoms with Crippen molar-refractivity contribution in [2.45, 2.75) is 24.8 Å². The SMILES string of the molecule is CCOCCCNC(=O)c1cccc(CN2CCN(S(=O)(=O)c3ccccc3)CC2)c1. The zero-order chi connectivity index (χ0) is 22.1. The van der Waals surface area contributed by atoms with Crippen LogP contribution in [0.15, 0.2) is 59.5 Å². The van der Waals surface area contributed by atoms with Gasteiger partial charge in [-0.15, -0.1) is 0 Å². The number of carbonyl (C=O) groups is 1. The number of amides is 1. The zero-order valence-electron chi connectivity index (χ0n) is 18.0. The van der Waals surface area contributed by atoms with E-state index in [9.17, 15) is 13.2 Å². The van der Waals surface area contributed by atoms with Crippen LogP contribution in [0.2, 0.25) is 0 Å². The number of piperazine rings is 1. The van der Waals surface area contributed by atoms with Crippen LogP contribution in [-0.2, 0) is 21.3 Å². The molecule has 2 aromatic carbocycles. The van der Waals surface area contributed by atoms with Gasteiger partial charge in [0.05, 0.1) is 4.90 Å². The molecule has 0 saturated carbocycles. The Balaban J connectivity index is 1.50. The molecule has 1 heterocycles. The minimum Gasteiger partial charge on any atom is -0.382 e. The molecule has 7 nitrogen and oxygen atoms in total. The Morgan fingerprint density at radius 2 is 1.77 bits per heavy atom. The summed E-state index contributed by atoms with van der Waals surface area (Å²) in [6.45, 7) is 6.76. The molecular weight excluding hydrogens is 414 g/mol. The summed E-state index contributed by atoms with van der Waals surface area (Å²) in [6, 6.07) is 16.2. The van der Waals surface area contributed by atoms with Gasteiger partial charge in [0.2, 0.25) is 10.0 Å². The van der Waals surface area contributed by atoms with Gasteiger partial charge >= 0.3 is 0 Å². The fourth-order valence-electron chi connectivity index (χ4n) is 3.56. The van der Waals surface area contributed by atoms with Gasteiger partial charge in [0.1, 0.15) is 0 Å². The lowest BCUT2D eigenvalue weighted by Gasteiger charge is -2.34. The molecule has 31 heavy (non-hydrogen) atoms. The Morgan fingerprint density at radius 1 is 1.03 bits per heavy atom. The summed E-state index contributed by atoms with van der Waals surface area (Å²) in [4.78, 5) is 14.9. The van der Waals surface area contributed by atoms with E-state index in [2.05, 4.69) is 10.2 Å². The molecule has 8 heteroatoms. The summed E-state index contributed by atoms with van der Waals surface area (Å²) in [6.07, 6.45) is 0.787. The van der Waals surface area contributed by atoms with Crippen LogP contribution in [0.4, 0.5) is 0 Å². The first kappa shape index (κ1) is 23.4. The molecule has 1 amide bonds. The topological polar surface area (TPSA) is 79.0 Å². The Labute approximate surface area is 185 Å². The summed E-state index contributed by atoms with van der Waals surface area (Å²) in [5.41, 5.74) is 1.68. The molecule has 3 rings (SSSR count). The normalized spacial score (nSPS) is 15.6. The number of nitrogens with zero attached hydrogens (tertiary/aromatic N) is 2. The maximum Gasteiger partial charge on any atom is 0.251 e. The first-order valence-electron chi connectivity index (χ1n) is 10.7. The van der Waals surface area contributed by atoms with Crippen molar-refractivity contribution in [1.29, 1.82) is 0 Å². The number of hydrogen-bond acceptors (Lipinski definition) is 5. The van der Waals surface area contributed by atoms with Crippen molar-refractivity contribution >= 4 is 15.9 Å². The molecule has 1 fully saturated rings. The van der Waals surface area contributed by atoms with Crippen LogP contribution in [0.5, 0.6) is 0 Å². The lowest BCUT2D eigenvalue weighted by molar-refractivity contribution is 0.0944. The summed E-state index contributed by atoms with van der Waals surface area (Å²) < 4.78 is 32.4. The molecule has 168 valence electrons. The van der Waals surface area contributed by atoms with Crippen LogP contribution >= 0.6 is 0 Å². The highest BCUT2D eigenvalue weighted by atomic mass is 32.2. The van der Waals surface area contributed by atoms with Crippen molar-refractivity contribution < 1.29 is 17.9 Å². The highest BCUT2D eigenvalue weighted by Gasteiger charge is 2.28. The number of rotatable bonds is 10. The lowest BCUT2D eigenvalue weighted by Crippen LogP contribution is -2.48. The minimum atomic E-state index is -3.45. The minimum absolute atomic E-state index is 0.0860. The second-order valence-electron chi connectivity index (χ2n) is 7.50. The van der Waals surface area contributed by atoms with Crippen molar-refractivity contribution in [3.8, 4) is 0 Å². The molecule has 0 spiro atoms. The molecule has 0 unspecified atom stereocenters. The van der Waals surface area contributed by atoms with E-state index in [-0.39, 0.29) is 5.91 Å². The maximum atomic E-state index is 12.8. The second kappa shape index (κ2) is 11.4. The number of sulfonamides is 1. The predicted molar refractivity (Wildman–Crippen MR) is 120 cm³/mol. The van der Waals surface area contributed by atoms with E-state index in [4.69, 9.17) is 4.74 Å². The highest BCUT2D eigenvalue weighted by Crippen LogP contribution is 2.18. The van der Waals surface area contributed by atoms with Crippen molar-refractivity contribution in [2.24, 2.45) is 0 Å². The molecule has 0 aliphatic carbocycles. The Hall–Kier alpha value is -2.26. The largest absolute Gasteiger partial charge is 0.382 e. The van der Waals surface area contributed by atoms with Gasteiger partial charge in [0.25, 0.3) is 5.91 Å². The van der Waals surface area contributed by atoms with Gasteiger partial charge in [0.15, 0.2) is 0 Å². The van der Waals surface area contributed by atoms with E-state index in [1.165, 1.54) is 0 Å². The molecular formula is C23H31N3O4S. The third kappa shape index (κ3) is 6.61. The Morgan fingerprint density at radius 3 is 2.48 bits per heavy atom. The fraction of sp³-hybridized carbons (Fsp3) is 0.435. The fourth-order valence-corrected chi connectivity index (χ4v) is 5.00. The third-order valence-electron chi connectivity index (χ3n) is 5.26. The van der Waals surface area contributed by atoms with E-state index in [0.29, 0.717) is 62.9 Å². The van der Waals surface area contributed by atoms with Crippen LogP contribution < -0.4 is 5.32 Å². The van der Waals surface area contributed by atoms with Gasteiger partial charge in [0, 0.05) is 58.0 Å². The summed E-state index contributed by atoms with van der Waals surface area (Å²) in [5, 5.41) is 2.92. The first-order chi connectivity index (χ1) is 15.0. The van der Waals surface area contributed by atoms with Crippen molar-refractivity contribution in [2.75, 3.05) is 45.9 Å². The lowest BCUT2D eigenvalue weighted by atomic mass is 10.1. The molecule has 0 aromatic heterocycles. The number of nitrogens with one attached hydrogen (secondary N) is 1. The second-order valence-corrected chi connectivity index (χ2v) is 9.44. The molecule has 1 N–H and O–H groups in total. The van der Waals surface area contributed by atoms with Crippen LogP contribution in [0.1, 0.15) is 29.3 Å². The molecule has 1 saturated heterocycles. The first-order valence-corrected chi connectivity index (χ1v) is 12.2. The van der Waals surface area contributed by atoms with Crippen LogP contribution in [0.25, 0.3) is 0 Å². The van der Waals surface area contributed by atoms with E-state index in [1.54, 1.807) is 28.6 Å². The van der Waals surface area contributed by atoms with Gasteiger partial charge in [-0.1, -0.05) is 30.3 Å². The van der Waals surface area contributed by atoms with Crippen molar-refractivity contribution in [3.05, 3.63) is 65.7 Å². The van der Waals surface area contributed by atoms with E-state index >= 15 is 0 Å². The van der Waals surface area contributed by atoms with Crippen molar-refractivity contribution in [1.82, 2.24) is 14.5 Å². The smallest absolute Gasteiger partial charge is 0.251 e. The molecule has 1 aliphatic rings. The number of carbonyl (C=O) groups excluding carboxylic acids is 1. The zero-order valence-corrected chi connectivity index (χ0v) is 18.8. The van der Waals surface area contributed by atoms with Crippen molar-refractivity contribution in [3.63, 3.8) is 0 Å². The predicted octanol–water partition coefficient (Wildman–Crippen LogP) is 2.35. The molecule has 2 aromatic rings. The van der Waals surface area contributed by atoms with E-state index in [1.807, 2.05) is 37.3 Å². The summed E-state index contributed by atoms with van der Waals surface area (Å²) >= 11 is 0. The van der Waals surface area contributed by atoms with Gasteiger partial charge < -0.3 is 10.1 Å². The average molecular weight is 446 g/mol. The molecule has 0 atom stereocenters.